The third-order valence-corrected chi connectivity index (χ3v) is 4.92. The van der Waals surface area contributed by atoms with Crippen LogP contribution in [0.15, 0.2) is 12.2 Å². The van der Waals surface area contributed by atoms with Gasteiger partial charge in [0.15, 0.2) is 6.29 Å². The molecule has 2 heterocycles. The van der Waals surface area contributed by atoms with Crippen LogP contribution >= 0.6 is 0 Å². The summed E-state index contributed by atoms with van der Waals surface area (Å²) in [4.78, 5) is 0. The van der Waals surface area contributed by atoms with Crippen molar-refractivity contribution < 1.29 is 14.2 Å². The number of allylic oxidation sites excluding steroid dienone is 2. The van der Waals surface area contributed by atoms with Crippen molar-refractivity contribution in [2.75, 3.05) is 19.8 Å². The SMILES string of the molecule is C/C=C\[C@H]1C[C@H]2OCCC[C@@H]2C[C@@H]1CC1OCCO1. The molecule has 1 aliphatic carbocycles. The molecule has 2 saturated heterocycles. The Bertz CT molecular complexity index is 309. The Morgan fingerprint density at radius 1 is 1.05 bits per heavy atom. The zero-order valence-electron chi connectivity index (χ0n) is 11.9. The summed E-state index contributed by atoms with van der Waals surface area (Å²) in [7, 11) is 0. The molecule has 3 nitrogen and oxygen atoms in total. The molecule has 0 aromatic carbocycles. The molecule has 0 aromatic heterocycles. The fraction of sp³-hybridized carbons (Fsp3) is 0.875. The summed E-state index contributed by atoms with van der Waals surface area (Å²) in [6.07, 6.45) is 11.2. The Morgan fingerprint density at radius 2 is 1.89 bits per heavy atom. The van der Waals surface area contributed by atoms with E-state index in [0.717, 1.165) is 32.2 Å². The van der Waals surface area contributed by atoms with Crippen LogP contribution < -0.4 is 0 Å². The van der Waals surface area contributed by atoms with Crippen LogP contribution in [-0.4, -0.2) is 32.2 Å². The van der Waals surface area contributed by atoms with Crippen LogP contribution in [0.1, 0.15) is 39.0 Å². The fourth-order valence-corrected chi connectivity index (χ4v) is 4.00. The molecule has 1 saturated carbocycles. The molecule has 4 atom stereocenters. The van der Waals surface area contributed by atoms with Gasteiger partial charge in [0.25, 0.3) is 0 Å². The molecular formula is C16H26O3. The molecule has 0 N–H and O–H groups in total. The van der Waals surface area contributed by atoms with Crippen LogP contribution in [0.3, 0.4) is 0 Å². The van der Waals surface area contributed by atoms with E-state index in [-0.39, 0.29) is 6.29 Å². The van der Waals surface area contributed by atoms with Crippen LogP contribution in [0.4, 0.5) is 0 Å². The summed E-state index contributed by atoms with van der Waals surface area (Å²) in [6.45, 7) is 4.61. The average Bonchev–Trinajstić information content (AvgIpc) is 2.93. The van der Waals surface area contributed by atoms with Gasteiger partial charge in [-0.1, -0.05) is 12.2 Å². The zero-order valence-corrected chi connectivity index (χ0v) is 11.9. The van der Waals surface area contributed by atoms with E-state index >= 15 is 0 Å². The van der Waals surface area contributed by atoms with Crippen molar-refractivity contribution in [3.8, 4) is 0 Å². The van der Waals surface area contributed by atoms with Gasteiger partial charge in [-0.05, 0) is 50.4 Å². The van der Waals surface area contributed by atoms with Gasteiger partial charge in [0.2, 0.25) is 0 Å². The van der Waals surface area contributed by atoms with Crippen molar-refractivity contribution in [3.63, 3.8) is 0 Å². The second-order valence-electron chi connectivity index (χ2n) is 6.14. The highest BCUT2D eigenvalue weighted by atomic mass is 16.7. The Kier molecular flexibility index (Phi) is 4.57. The molecule has 19 heavy (non-hydrogen) atoms. The lowest BCUT2D eigenvalue weighted by Gasteiger charge is -2.43. The Balaban J connectivity index is 1.64. The summed E-state index contributed by atoms with van der Waals surface area (Å²) in [6, 6.07) is 0. The van der Waals surface area contributed by atoms with E-state index in [1.165, 1.54) is 25.7 Å². The van der Waals surface area contributed by atoms with E-state index in [4.69, 9.17) is 14.2 Å². The minimum atomic E-state index is 0.0406. The van der Waals surface area contributed by atoms with Crippen molar-refractivity contribution in [2.24, 2.45) is 17.8 Å². The van der Waals surface area contributed by atoms with Gasteiger partial charge >= 0.3 is 0 Å². The third kappa shape index (κ3) is 3.21. The summed E-state index contributed by atoms with van der Waals surface area (Å²) < 4.78 is 17.3. The maximum absolute atomic E-state index is 5.98. The van der Waals surface area contributed by atoms with Gasteiger partial charge in [0.1, 0.15) is 0 Å². The maximum Gasteiger partial charge on any atom is 0.158 e. The molecule has 3 fully saturated rings. The predicted molar refractivity (Wildman–Crippen MR) is 73.8 cm³/mol. The summed E-state index contributed by atoms with van der Waals surface area (Å²) in [5, 5.41) is 0. The molecule has 0 bridgehead atoms. The number of hydrogen-bond acceptors (Lipinski definition) is 3. The van der Waals surface area contributed by atoms with Crippen molar-refractivity contribution >= 4 is 0 Å². The Morgan fingerprint density at radius 3 is 2.68 bits per heavy atom. The summed E-state index contributed by atoms with van der Waals surface area (Å²) in [5.41, 5.74) is 0. The van der Waals surface area contributed by atoms with Crippen LogP contribution in [0.25, 0.3) is 0 Å². The van der Waals surface area contributed by atoms with E-state index in [0.29, 0.717) is 17.9 Å². The van der Waals surface area contributed by atoms with Gasteiger partial charge in [-0.25, -0.2) is 0 Å². The molecule has 0 spiro atoms. The van der Waals surface area contributed by atoms with Crippen LogP contribution in [0.5, 0.6) is 0 Å². The molecule has 3 heteroatoms. The third-order valence-electron chi connectivity index (χ3n) is 4.92. The normalized spacial score (nSPS) is 40.7. The van der Waals surface area contributed by atoms with Crippen LogP contribution in [-0.2, 0) is 14.2 Å². The van der Waals surface area contributed by atoms with Gasteiger partial charge in [-0.2, -0.15) is 0 Å². The van der Waals surface area contributed by atoms with Crippen molar-refractivity contribution in [3.05, 3.63) is 12.2 Å². The number of rotatable bonds is 3. The van der Waals surface area contributed by atoms with Gasteiger partial charge in [0, 0.05) is 13.0 Å². The Hall–Kier alpha value is -0.380. The van der Waals surface area contributed by atoms with E-state index in [9.17, 15) is 0 Å². The number of ether oxygens (including phenoxy) is 3. The van der Waals surface area contributed by atoms with E-state index < -0.39 is 0 Å². The first kappa shape index (κ1) is 13.6. The van der Waals surface area contributed by atoms with Crippen LogP contribution in [0, 0.1) is 17.8 Å². The highest BCUT2D eigenvalue weighted by Crippen LogP contribution is 2.43. The minimum absolute atomic E-state index is 0.0406. The predicted octanol–water partition coefficient (Wildman–Crippen LogP) is 3.15. The number of fused-ring (bicyclic) bond motifs is 1. The topological polar surface area (TPSA) is 27.7 Å². The van der Waals surface area contributed by atoms with E-state index in [2.05, 4.69) is 19.1 Å². The zero-order chi connectivity index (χ0) is 13.1. The van der Waals surface area contributed by atoms with Gasteiger partial charge in [0.05, 0.1) is 19.3 Å². The van der Waals surface area contributed by atoms with Gasteiger partial charge < -0.3 is 14.2 Å². The van der Waals surface area contributed by atoms with Crippen molar-refractivity contribution in [1.29, 1.82) is 0 Å². The molecule has 0 radical (unpaired) electrons. The molecule has 0 unspecified atom stereocenters. The highest BCUT2D eigenvalue weighted by molar-refractivity contribution is 4.97. The second-order valence-corrected chi connectivity index (χ2v) is 6.14. The smallest absolute Gasteiger partial charge is 0.158 e. The molecule has 3 rings (SSSR count). The standard InChI is InChI=1S/C16H26O3/c1-2-4-12-10-15-13(5-3-6-17-15)9-14(12)11-16-18-7-8-19-16/h2,4,12-16H,3,5-11H2,1H3/b4-2-/t12-,13+,14+,15+/m0/s1. The second kappa shape index (κ2) is 6.38. The quantitative estimate of drug-likeness (QED) is 0.734. The summed E-state index contributed by atoms with van der Waals surface area (Å²) >= 11 is 0. The van der Waals surface area contributed by atoms with Gasteiger partial charge in [-0.3, -0.25) is 0 Å². The van der Waals surface area contributed by atoms with Gasteiger partial charge in [-0.15, -0.1) is 0 Å². The van der Waals surface area contributed by atoms with Crippen LogP contribution in [0.2, 0.25) is 0 Å². The maximum atomic E-state index is 5.98. The summed E-state index contributed by atoms with van der Waals surface area (Å²) in [5.74, 6) is 2.10. The monoisotopic (exact) mass is 266 g/mol. The minimum Gasteiger partial charge on any atom is -0.378 e. The first-order valence-corrected chi connectivity index (χ1v) is 7.84. The Labute approximate surface area is 116 Å². The molecule has 0 aromatic rings. The van der Waals surface area contributed by atoms with Crippen molar-refractivity contribution in [1.82, 2.24) is 0 Å². The largest absolute Gasteiger partial charge is 0.378 e. The average molecular weight is 266 g/mol. The molecule has 2 aliphatic heterocycles. The molecular weight excluding hydrogens is 240 g/mol. The lowest BCUT2D eigenvalue weighted by atomic mass is 9.69. The van der Waals surface area contributed by atoms with E-state index in [1.807, 2.05) is 0 Å². The highest BCUT2D eigenvalue weighted by Gasteiger charge is 2.39. The molecule has 0 amide bonds. The lowest BCUT2D eigenvalue weighted by Crippen LogP contribution is -2.40. The number of hydrogen-bond donors (Lipinski definition) is 0. The first-order chi connectivity index (χ1) is 9.36. The molecule has 3 aliphatic rings. The van der Waals surface area contributed by atoms with Crippen molar-refractivity contribution in [2.45, 2.75) is 51.4 Å². The first-order valence-electron chi connectivity index (χ1n) is 7.84. The lowest BCUT2D eigenvalue weighted by molar-refractivity contribution is -0.0971. The van der Waals surface area contributed by atoms with E-state index in [1.54, 1.807) is 0 Å². The fourth-order valence-electron chi connectivity index (χ4n) is 4.00. The molecule has 108 valence electrons.